The van der Waals surface area contributed by atoms with Gasteiger partial charge in [0.1, 0.15) is 0 Å². The second-order valence-corrected chi connectivity index (χ2v) is 7.30. The SMILES string of the molecule is CC(=O)NCc1c(I)c(NC(C)=O)c(I)c(C(=O)O)c1I.[Na+]. The molecule has 0 aliphatic heterocycles. The minimum Gasteiger partial charge on any atom is -0.478 e. The molecule has 1 aromatic rings. The first-order valence-corrected chi connectivity index (χ1v) is 8.85. The molecule has 0 saturated heterocycles. The molecule has 0 heterocycles. The van der Waals surface area contributed by atoms with Gasteiger partial charge in [0.25, 0.3) is 0 Å². The van der Waals surface area contributed by atoms with Crippen LogP contribution in [0.25, 0.3) is 0 Å². The van der Waals surface area contributed by atoms with E-state index in [0.717, 1.165) is 3.57 Å². The van der Waals surface area contributed by atoms with Gasteiger partial charge < -0.3 is 15.7 Å². The van der Waals surface area contributed by atoms with Crippen LogP contribution in [0.2, 0.25) is 0 Å². The first kappa shape index (κ1) is 22.8. The van der Waals surface area contributed by atoms with Crippen molar-refractivity contribution in [1.29, 1.82) is 0 Å². The molecule has 0 spiro atoms. The summed E-state index contributed by atoms with van der Waals surface area (Å²) in [7, 11) is 0. The summed E-state index contributed by atoms with van der Waals surface area (Å²) in [5, 5.41) is 14.7. The van der Waals surface area contributed by atoms with Crippen molar-refractivity contribution in [3.8, 4) is 0 Å². The quantitative estimate of drug-likeness (QED) is 0.311. The maximum atomic E-state index is 11.5. The van der Waals surface area contributed by atoms with Gasteiger partial charge in [-0.2, -0.15) is 0 Å². The summed E-state index contributed by atoms with van der Waals surface area (Å²) < 4.78 is 1.74. The summed E-state index contributed by atoms with van der Waals surface area (Å²) in [5.74, 6) is -1.57. The van der Waals surface area contributed by atoms with Crippen LogP contribution in [0.5, 0.6) is 0 Å². The normalized spacial score (nSPS) is 9.68. The number of amides is 2. The molecular formula is C12H11I3N2NaO4+. The smallest absolute Gasteiger partial charge is 0.478 e. The Kier molecular flexibility index (Phi) is 10.3. The third-order valence-electron chi connectivity index (χ3n) is 2.44. The molecule has 0 saturated carbocycles. The van der Waals surface area contributed by atoms with Crippen LogP contribution in [-0.4, -0.2) is 22.9 Å². The minimum atomic E-state index is -1.07. The Labute approximate surface area is 190 Å². The maximum Gasteiger partial charge on any atom is 1.00 e. The number of halogens is 3. The zero-order valence-corrected chi connectivity index (χ0v) is 20.5. The first-order chi connectivity index (χ1) is 9.66. The number of rotatable bonds is 4. The van der Waals surface area contributed by atoms with Gasteiger partial charge in [0.05, 0.1) is 14.8 Å². The molecule has 1 rings (SSSR count). The van der Waals surface area contributed by atoms with Crippen LogP contribution >= 0.6 is 67.8 Å². The van der Waals surface area contributed by atoms with Crippen molar-refractivity contribution >= 4 is 91.2 Å². The molecule has 0 atom stereocenters. The van der Waals surface area contributed by atoms with Gasteiger partial charge in [-0.15, -0.1) is 0 Å². The number of carbonyl (C=O) groups is 3. The summed E-state index contributed by atoms with van der Waals surface area (Å²) in [5.41, 5.74) is 1.26. The van der Waals surface area contributed by atoms with Gasteiger partial charge in [-0.25, -0.2) is 4.79 Å². The Morgan fingerprint density at radius 3 is 1.95 bits per heavy atom. The first-order valence-electron chi connectivity index (χ1n) is 5.61. The number of nitrogens with one attached hydrogen (secondary N) is 2. The predicted octanol–water partition coefficient (Wildman–Crippen LogP) is -0.203. The van der Waals surface area contributed by atoms with E-state index in [1.807, 2.05) is 67.8 Å². The number of anilines is 1. The van der Waals surface area contributed by atoms with Gasteiger partial charge in [-0.3, -0.25) is 9.59 Å². The fourth-order valence-corrected chi connectivity index (χ4v) is 5.84. The van der Waals surface area contributed by atoms with Crippen LogP contribution in [0.4, 0.5) is 5.69 Å². The molecule has 2 amide bonds. The van der Waals surface area contributed by atoms with Gasteiger partial charge in [0, 0.05) is 33.1 Å². The fourth-order valence-electron chi connectivity index (χ4n) is 1.56. The van der Waals surface area contributed by atoms with E-state index in [2.05, 4.69) is 10.6 Å². The summed E-state index contributed by atoms with van der Waals surface area (Å²) in [6.45, 7) is 2.95. The maximum absolute atomic E-state index is 11.5. The molecule has 6 nitrogen and oxygen atoms in total. The molecule has 22 heavy (non-hydrogen) atoms. The second-order valence-electron chi connectivity index (χ2n) is 4.07. The molecule has 10 heteroatoms. The third kappa shape index (κ3) is 5.72. The van der Waals surface area contributed by atoms with Crippen molar-refractivity contribution in [2.45, 2.75) is 20.4 Å². The molecular weight excluding hydrogens is 640 g/mol. The number of carbonyl (C=O) groups excluding carboxylic acids is 2. The zero-order valence-electron chi connectivity index (χ0n) is 12.0. The van der Waals surface area contributed by atoms with Crippen LogP contribution in [-0.2, 0) is 16.1 Å². The van der Waals surface area contributed by atoms with E-state index in [9.17, 15) is 19.5 Å². The Morgan fingerprint density at radius 1 is 1.00 bits per heavy atom. The molecule has 0 fully saturated rings. The number of benzene rings is 1. The molecule has 0 aliphatic carbocycles. The average Bonchev–Trinajstić information content (AvgIpc) is 2.33. The largest absolute Gasteiger partial charge is 1.00 e. The minimum absolute atomic E-state index is 0. The van der Waals surface area contributed by atoms with E-state index in [1.165, 1.54) is 13.8 Å². The summed E-state index contributed by atoms with van der Waals surface area (Å²) in [4.78, 5) is 33.9. The van der Waals surface area contributed by atoms with Gasteiger partial charge in [-0.05, 0) is 67.8 Å². The van der Waals surface area contributed by atoms with Crippen molar-refractivity contribution in [2.75, 3.05) is 5.32 Å². The monoisotopic (exact) mass is 651 g/mol. The van der Waals surface area contributed by atoms with Gasteiger partial charge in [-0.1, -0.05) is 0 Å². The molecule has 0 bridgehead atoms. The molecule has 0 radical (unpaired) electrons. The molecule has 3 N–H and O–H groups in total. The third-order valence-corrected chi connectivity index (χ3v) is 5.90. The van der Waals surface area contributed by atoms with Gasteiger partial charge in [0.15, 0.2) is 0 Å². The topological polar surface area (TPSA) is 95.5 Å². The van der Waals surface area contributed by atoms with Crippen molar-refractivity contribution in [3.05, 3.63) is 21.8 Å². The van der Waals surface area contributed by atoms with E-state index in [4.69, 9.17) is 0 Å². The molecule has 0 aromatic heterocycles. The Hall–Kier alpha value is 0.820. The van der Waals surface area contributed by atoms with Crippen molar-refractivity contribution in [3.63, 3.8) is 0 Å². The Balaban J connectivity index is 0.00000441. The van der Waals surface area contributed by atoms with Crippen molar-refractivity contribution in [2.24, 2.45) is 0 Å². The predicted molar refractivity (Wildman–Crippen MR) is 103 cm³/mol. The van der Waals surface area contributed by atoms with Crippen LogP contribution in [0.3, 0.4) is 0 Å². The van der Waals surface area contributed by atoms with Crippen molar-refractivity contribution in [1.82, 2.24) is 5.32 Å². The zero-order chi connectivity index (χ0) is 16.3. The molecule has 0 unspecified atom stereocenters. The molecule has 1 aromatic carbocycles. The Bertz CT molecular complexity index is 638. The van der Waals surface area contributed by atoms with Crippen LogP contribution < -0.4 is 40.2 Å². The molecule has 0 aliphatic rings. The van der Waals surface area contributed by atoms with Crippen LogP contribution in [0.15, 0.2) is 0 Å². The van der Waals surface area contributed by atoms with Gasteiger partial charge in [0.2, 0.25) is 11.8 Å². The number of hydrogen-bond donors (Lipinski definition) is 3. The van der Waals surface area contributed by atoms with Gasteiger partial charge >= 0.3 is 35.5 Å². The Morgan fingerprint density at radius 2 is 1.55 bits per heavy atom. The summed E-state index contributed by atoms with van der Waals surface area (Å²) >= 11 is 5.90. The van der Waals surface area contributed by atoms with E-state index >= 15 is 0 Å². The van der Waals surface area contributed by atoms with Crippen molar-refractivity contribution < 1.29 is 49.0 Å². The summed E-state index contributed by atoms with van der Waals surface area (Å²) in [6, 6.07) is 0. The standard InChI is InChI=1S/C12H11I3N2O4.Na/c1-4(18)16-3-6-8(13)7(12(20)21)10(15)11(9(6)14)17-5(2)19;/h3H2,1-2H3,(H,16,18)(H,17,19)(H,20,21);/q;+1. The van der Waals surface area contributed by atoms with E-state index in [0.29, 0.717) is 18.4 Å². The van der Waals surface area contributed by atoms with E-state index in [1.54, 1.807) is 0 Å². The fraction of sp³-hybridized carbons (Fsp3) is 0.250. The number of carboxylic acids is 1. The number of aromatic carboxylic acids is 1. The second kappa shape index (κ2) is 9.96. The average molecular weight is 651 g/mol. The number of carboxylic acid groups (broad SMARTS) is 1. The molecule has 114 valence electrons. The van der Waals surface area contributed by atoms with E-state index in [-0.39, 0.29) is 53.5 Å². The summed E-state index contributed by atoms with van der Waals surface area (Å²) in [6.07, 6.45) is 0. The number of hydrogen-bond acceptors (Lipinski definition) is 3. The van der Waals surface area contributed by atoms with Crippen LogP contribution in [0, 0.1) is 10.7 Å². The van der Waals surface area contributed by atoms with Crippen LogP contribution in [0.1, 0.15) is 29.8 Å². The van der Waals surface area contributed by atoms with E-state index < -0.39 is 5.97 Å².